The summed E-state index contributed by atoms with van der Waals surface area (Å²) in [5.74, 6) is -1.23. The lowest BCUT2D eigenvalue weighted by molar-refractivity contribution is -0.119. The van der Waals surface area contributed by atoms with Crippen molar-refractivity contribution in [2.45, 2.75) is 6.42 Å². The lowest BCUT2D eigenvalue weighted by atomic mass is 10.1. The minimum atomic E-state index is -1.03. The van der Waals surface area contributed by atoms with Crippen molar-refractivity contribution >= 4 is 40.2 Å². The van der Waals surface area contributed by atoms with Gasteiger partial charge in [0.15, 0.2) is 0 Å². The molecule has 1 saturated heterocycles. The van der Waals surface area contributed by atoms with Gasteiger partial charge in [0.05, 0.1) is 17.2 Å². The molecule has 96 valence electrons. The molecule has 5 nitrogen and oxygen atoms in total. The Balaban J connectivity index is 2.17. The highest BCUT2D eigenvalue weighted by Crippen LogP contribution is 2.20. The van der Waals surface area contributed by atoms with Crippen molar-refractivity contribution in [3.63, 3.8) is 0 Å². The van der Waals surface area contributed by atoms with E-state index in [2.05, 4.69) is 10.6 Å². The Labute approximate surface area is 118 Å². The quantitative estimate of drug-likeness (QED) is 0.715. The largest absolute Gasteiger partial charge is 0.478 e. The van der Waals surface area contributed by atoms with Gasteiger partial charge in [-0.1, -0.05) is 0 Å². The van der Waals surface area contributed by atoms with Crippen LogP contribution < -0.4 is 10.6 Å². The molecule has 0 aliphatic carbocycles. The highest BCUT2D eigenvalue weighted by Gasteiger charge is 2.23. The molecule has 0 spiro atoms. The maximum absolute atomic E-state index is 11.9. The van der Waals surface area contributed by atoms with Gasteiger partial charge in [-0.2, -0.15) is 0 Å². The molecule has 1 aliphatic heterocycles. The molecule has 0 saturated carbocycles. The van der Waals surface area contributed by atoms with Gasteiger partial charge >= 0.3 is 5.97 Å². The van der Waals surface area contributed by atoms with Crippen LogP contribution in [0.2, 0.25) is 0 Å². The standard InChI is InChI=1S/C12H13IN2O3/c13-8-1-2-10(9(5-8)12(17)18)15-11(16)7-3-4-14-6-7/h1-2,5,7,14H,3-4,6H2,(H,15,16)(H,17,18). The third-order valence-corrected chi connectivity index (χ3v) is 3.57. The van der Waals surface area contributed by atoms with Crippen LogP contribution in [0.1, 0.15) is 16.8 Å². The molecular weight excluding hydrogens is 347 g/mol. The Kier molecular flexibility index (Phi) is 4.18. The molecule has 1 heterocycles. The molecule has 3 N–H and O–H groups in total. The number of amides is 1. The SMILES string of the molecule is O=C(O)c1cc(I)ccc1NC(=O)C1CCNC1. The second-order valence-electron chi connectivity index (χ2n) is 4.17. The first-order valence-corrected chi connectivity index (χ1v) is 6.70. The highest BCUT2D eigenvalue weighted by atomic mass is 127. The molecule has 1 fully saturated rings. The number of nitrogens with one attached hydrogen (secondary N) is 2. The van der Waals surface area contributed by atoms with E-state index in [0.717, 1.165) is 16.5 Å². The molecular formula is C12H13IN2O3. The molecule has 1 amide bonds. The zero-order valence-electron chi connectivity index (χ0n) is 9.57. The fourth-order valence-corrected chi connectivity index (χ4v) is 2.41. The van der Waals surface area contributed by atoms with Gasteiger partial charge in [-0.25, -0.2) is 4.79 Å². The molecule has 0 aromatic heterocycles. The highest BCUT2D eigenvalue weighted by molar-refractivity contribution is 14.1. The summed E-state index contributed by atoms with van der Waals surface area (Å²) in [7, 11) is 0. The minimum absolute atomic E-state index is 0.0778. The summed E-state index contributed by atoms with van der Waals surface area (Å²) in [5.41, 5.74) is 0.487. The third kappa shape index (κ3) is 2.99. The van der Waals surface area contributed by atoms with Gasteiger partial charge in [-0.15, -0.1) is 0 Å². The van der Waals surface area contributed by atoms with E-state index in [1.54, 1.807) is 18.2 Å². The summed E-state index contributed by atoms with van der Waals surface area (Å²) >= 11 is 2.04. The normalized spacial score (nSPS) is 18.6. The van der Waals surface area contributed by atoms with Crippen molar-refractivity contribution in [1.29, 1.82) is 0 Å². The summed E-state index contributed by atoms with van der Waals surface area (Å²) in [6.45, 7) is 1.48. The Morgan fingerprint density at radius 3 is 2.83 bits per heavy atom. The number of carbonyl (C=O) groups is 2. The van der Waals surface area contributed by atoms with E-state index in [0.29, 0.717) is 12.2 Å². The summed E-state index contributed by atoms with van der Waals surface area (Å²) in [4.78, 5) is 23.0. The summed E-state index contributed by atoms with van der Waals surface area (Å²) in [6, 6.07) is 4.95. The van der Waals surface area contributed by atoms with Crippen molar-refractivity contribution in [2.24, 2.45) is 5.92 Å². The summed E-state index contributed by atoms with van der Waals surface area (Å²) in [6.07, 6.45) is 0.790. The van der Waals surface area contributed by atoms with Gasteiger partial charge in [0.25, 0.3) is 0 Å². The van der Waals surface area contributed by atoms with Gasteiger partial charge in [0, 0.05) is 10.1 Å². The number of benzene rings is 1. The van der Waals surface area contributed by atoms with Crippen molar-refractivity contribution in [2.75, 3.05) is 18.4 Å². The number of rotatable bonds is 3. The number of carboxylic acids is 1. The lowest BCUT2D eigenvalue weighted by Gasteiger charge is -2.12. The number of anilines is 1. The maximum Gasteiger partial charge on any atom is 0.337 e. The molecule has 18 heavy (non-hydrogen) atoms. The molecule has 1 aromatic rings. The van der Waals surface area contributed by atoms with Crippen LogP contribution in [0.4, 0.5) is 5.69 Å². The molecule has 1 unspecified atom stereocenters. The zero-order valence-corrected chi connectivity index (χ0v) is 11.7. The predicted molar refractivity (Wildman–Crippen MR) is 75.7 cm³/mol. The number of hydrogen-bond donors (Lipinski definition) is 3. The Bertz CT molecular complexity index is 484. The van der Waals surface area contributed by atoms with E-state index in [1.807, 2.05) is 22.6 Å². The first-order valence-electron chi connectivity index (χ1n) is 5.62. The van der Waals surface area contributed by atoms with E-state index in [9.17, 15) is 9.59 Å². The van der Waals surface area contributed by atoms with Crippen molar-refractivity contribution in [3.05, 3.63) is 27.3 Å². The van der Waals surface area contributed by atoms with Gasteiger partial charge in [-0.05, 0) is 53.8 Å². The smallest absolute Gasteiger partial charge is 0.337 e. The number of aromatic carboxylic acids is 1. The van der Waals surface area contributed by atoms with Gasteiger partial charge < -0.3 is 15.7 Å². The first kappa shape index (κ1) is 13.3. The fourth-order valence-electron chi connectivity index (χ4n) is 1.92. The fraction of sp³-hybridized carbons (Fsp3) is 0.333. The second kappa shape index (κ2) is 5.66. The van der Waals surface area contributed by atoms with Crippen molar-refractivity contribution < 1.29 is 14.7 Å². The molecule has 1 atom stereocenters. The van der Waals surface area contributed by atoms with Crippen LogP contribution in [0.25, 0.3) is 0 Å². The molecule has 0 radical (unpaired) electrons. The van der Waals surface area contributed by atoms with Crippen LogP contribution in [0, 0.1) is 9.49 Å². The summed E-state index contributed by atoms with van der Waals surface area (Å²) < 4.78 is 0.825. The average Bonchev–Trinajstić information content (AvgIpc) is 2.84. The van der Waals surface area contributed by atoms with Gasteiger partial charge in [0.1, 0.15) is 0 Å². The van der Waals surface area contributed by atoms with Crippen LogP contribution in [-0.2, 0) is 4.79 Å². The van der Waals surface area contributed by atoms with E-state index in [-0.39, 0.29) is 17.4 Å². The maximum atomic E-state index is 11.9. The monoisotopic (exact) mass is 360 g/mol. The topological polar surface area (TPSA) is 78.4 Å². The van der Waals surface area contributed by atoms with Crippen LogP contribution in [0.15, 0.2) is 18.2 Å². The summed E-state index contributed by atoms with van der Waals surface area (Å²) in [5, 5.41) is 14.9. The predicted octanol–water partition coefficient (Wildman–Crippen LogP) is 1.54. The van der Waals surface area contributed by atoms with Crippen molar-refractivity contribution in [3.8, 4) is 0 Å². The van der Waals surface area contributed by atoms with Gasteiger partial charge in [0.2, 0.25) is 5.91 Å². The van der Waals surface area contributed by atoms with Crippen molar-refractivity contribution in [1.82, 2.24) is 5.32 Å². The Morgan fingerprint density at radius 1 is 1.44 bits per heavy atom. The number of hydrogen-bond acceptors (Lipinski definition) is 3. The van der Waals surface area contributed by atoms with E-state index in [1.165, 1.54) is 0 Å². The van der Waals surface area contributed by atoms with Crippen LogP contribution in [0.3, 0.4) is 0 Å². The van der Waals surface area contributed by atoms with E-state index in [4.69, 9.17) is 5.11 Å². The molecule has 6 heteroatoms. The Morgan fingerprint density at radius 2 is 2.22 bits per heavy atom. The molecule has 1 aromatic carbocycles. The number of halogens is 1. The van der Waals surface area contributed by atoms with E-state index >= 15 is 0 Å². The first-order chi connectivity index (χ1) is 8.58. The minimum Gasteiger partial charge on any atom is -0.478 e. The Hall–Kier alpha value is -1.15. The zero-order chi connectivity index (χ0) is 13.1. The molecule has 0 bridgehead atoms. The van der Waals surface area contributed by atoms with Crippen LogP contribution in [0.5, 0.6) is 0 Å². The van der Waals surface area contributed by atoms with Gasteiger partial charge in [-0.3, -0.25) is 4.79 Å². The second-order valence-corrected chi connectivity index (χ2v) is 5.42. The van der Waals surface area contributed by atoms with E-state index < -0.39 is 5.97 Å². The number of carbonyl (C=O) groups excluding carboxylic acids is 1. The van der Waals surface area contributed by atoms with Crippen LogP contribution in [-0.4, -0.2) is 30.1 Å². The molecule has 2 rings (SSSR count). The molecule has 1 aliphatic rings. The number of carboxylic acid groups (broad SMARTS) is 1. The lowest BCUT2D eigenvalue weighted by Crippen LogP contribution is -2.25. The third-order valence-electron chi connectivity index (χ3n) is 2.90. The average molecular weight is 360 g/mol. The van der Waals surface area contributed by atoms with Crippen LogP contribution >= 0.6 is 22.6 Å².